The van der Waals surface area contributed by atoms with Crippen LogP contribution in [0, 0.1) is 13.8 Å². The van der Waals surface area contributed by atoms with Crippen LogP contribution in [0.4, 0.5) is 0 Å². The number of likely N-dealkylation sites (tertiary alicyclic amines) is 1. The molecule has 0 saturated carbocycles. The minimum atomic E-state index is 0.0523. The molecule has 0 aromatic carbocycles. The number of amides is 1. The van der Waals surface area contributed by atoms with Gasteiger partial charge in [0.15, 0.2) is 0 Å². The Balaban J connectivity index is 1.58. The molecule has 1 aliphatic heterocycles. The second-order valence-corrected chi connectivity index (χ2v) is 8.07. The zero-order valence-electron chi connectivity index (χ0n) is 15.8. The van der Waals surface area contributed by atoms with Gasteiger partial charge in [-0.3, -0.25) is 9.48 Å². The van der Waals surface area contributed by atoms with E-state index in [1.54, 1.807) is 22.2 Å². The molecule has 0 bridgehead atoms. The molecule has 4 heterocycles. The minimum absolute atomic E-state index is 0.0523. The fourth-order valence-corrected chi connectivity index (χ4v) is 4.36. The van der Waals surface area contributed by atoms with E-state index in [2.05, 4.69) is 16.5 Å². The average Bonchev–Trinajstić information content (AvgIpc) is 3.30. The minimum Gasteiger partial charge on any atom is -0.338 e. The maximum Gasteiger partial charge on any atom is 0.257 e. The van der Waals surface area contributed by atoms with Gasteiger partial charge in [-0.15, -0.1) is 11.3 Å². The van der Waals surface area contributed by atoms with Crippen molar-refractivity contribution in [1.82, 2.24) is 24.6 Å². The SMILES string of the molecule is Cc1cc(-c2cccs2)nc(C2CCCN(C(=O)c3cn(C)nc3C)C2)n1. The summed E-state index contributed by atoms with van der Waals surface area (Å²) < 4.78 is 1.70. The summed E-state index contributed by atoms with van der Waals surface area (Å²) in [4.78, 5) is 25.6. The van der Waals surface area contributed by atoms with Crippen LogP contribution < -0.4 is 0 Å². The monoisotopic (exact) mass is 381 g/mol. The molecule has 1 saturated heterocycles. The van der Waals surface area contributed by atoms with Crippen molar-refractivity contribution in [2.45, 2.75) is 32.6 Å². The van der Waals surface area contributed by atoms with Gasteiger partial charge in [0.25, 0.3) is 5.91 Å². The van der Waals surface area contributed by atoms with Crippen LogP contribution in [0.5, 0.6) is 0 Å². The highest BCUT2D eigenvalue weighted by Gasteiger charge is 2.29. The van der Waals surface area contributed by atoms with E-state index in [4.69, 9.17) is 9.97 Å². The molecule has 3 aromatic heterocycles. The Labute approximate surface area is 162 Å². The van der Waals surface area contributed by atoms with Gasteiger partial charge in [-0.05, 0) is 44.2 Å². The number of rotatable bonds is 3. The Morgan fingerprint density at radius 3 is 2.85 bits per heavy atom. The smallest absolute Gasteiger partial charge is 0.257 e. The Morgan fingerprint density at radius 2 is 2.15 bits per heavy atom. The highest BCUT2D eigenvalue weighted by Crippen LogP contribution is 2.29. The van der Waals surface area contributed by atoms with E-state index in [1.165, 1.54) is 0 Å². The van der Waals surface area contributed by atoms with Crippen molar-refractivity contribution in [2.24, 2.45) is 7.05 Å². The predicted octanol–water partition coefficient (Wildman–Crippen LogP) is 3.58. The average molecular weight is 382 g/mol. The third-order valence-electron chi connectivity index (χ3n) is 4.96. The molecule has 3 aromatic rings. The number of aryl methyl sites for hydroxylation is 3. The van der Waals surface area contributed by atoms with Crippen molar-refractivity contribution >= 4 is 17.2 Å². The second kappa shape index (κ2) is 7.23. The molecule has 0 N–H and O–H groups in total. The Morgan fingerprint density at radius 1 is 1.30 bits per heavy atom. The van der Waals surface area contributed by atoms with Gasteiger partial charge < -0.3 is 4.90 Å². The zero-order chi connectivity index (χ0) is 19.0. The lowest BCUT2D eigenvalue weighted by Crippen LogP contribution is -2.39. The zero-order valence-corrected chi connectivity index (χ0v) is 16.7. The lowest BCUT2D eigenvalue weighted by atomic mass is 9.96. The highest BCUT2D eigenvalue weighted by molar-refractivity contribution is 7.13. The van der Waals surface area contributed by atoms with Crippen LogP contribution >= 0.6 is 11.3 Å². The molecule has 0 radical (unpaired) electrons. The summed E-state index contributed by atoms with van der Waals surface area (Å²) in [6.45, 7) is 5.31. The molecule has 1 fully saturated rings. The standard InChI is InChI=1S/C20H23N5OS/c1-13-10-17(18-7-5-9-27-18)22-19(21-13)15-6-4-8-25(11-15)20(26)16-12-24(3)23-14(16)2/h5,7,9-10,12,15H,4,6,8,11H2,1-3H3. The molecule has 0 aliphatic carbocycles. The molecule has 1 unspecified atom stereocenters. The van der Waals surface area contributed by atoms with Crippen LogP contribution in [0.1, 0.15) is 46.3 Å². The first-order valence-electron chi connectivity index (χ1n) is 9.20. The second-order valence-electron chi connectivity index (χ2n) is 7.12. The predicted molar refractivity (Wildman–Crippen MR) is 106 cm³/mol. The van der Waals surface area contributed by atoms with Crippen LogP contribution in [0.15, 0.2) is 29.8 Å². The molecule has 1 atom stereocenters. The van der Waals surface area contributed by atoms with E-state index in [1.807, 2.05) is 37.9 Å². The van der Waals surface area contributed by atoms with E-state index in [0.717, 1.165) is 47.2 Å². The van der Waals surface area contributed by atoms with E-state index >= 15 is 0 Å². The van der Waals surface area contributed by atoms with Gasteiger partial charge >= 0.3 is 0 Å². The van der Waals surface area contributed by atoms with Gasteiger partial charge in [0.05, 0.1) is 21.8 Å². The van der Waals surface area contributed by atoms with Crippen molar-refractivity contribution in [3.8, 4) is 10.6 Å². The van der Waals surface area contributed by atoms with Gasteiger partial charge in [0.2, 0.25) is 0 Å². The molecular formula is C20H23N5OS. The van der Waals surface area contributed by atoms with E-state index in [0.29, 0.717) is 12.1 Å². The first kappa shape index (κ1) is 17.9. The number of piperidine rings is 1. The number of hydrogen-bond donors (Lipinski definition) is 0. The number of aromatic nitrogens is 4. The third kappa shape index (κ3) is 3.64. The maximum absolute atomic E-state index is 13.0. The molecule has 140 valence electrons. The summed E-state index contributed by atoms with van der Waals surface area (Å²) in [5.74, 6) is 1.06. The van der Waals surface area contributed by atoms with Crippen molar-refractivity contribution in [3.63, 3.8) is 0 Å². The van der Waals surface area contributed by atoms with Gasteiger partial charge in [-0.2, -0.15) is 5.10 Å². The van der Waals surface area contributed by atoms with Crippen molar-refractivity contribution in [1.29, 1.82) is 0 Å². The molecule has 1 amide bonds. The number of thiophene rings is 1. The van der Waals surface area contributed by atoms with Crippen LogP contribution in [-0.2, 0) is 7.05 Å². The first-order valence-corrected chi connectivity index (χ1v) is 10.1. The molecule has 4 rings (SSSR count). The molecule has 27 heavy (non-hydrogen) atoms. The fraction of sp³-hybridized carbons (Fsp3) is 0.400. The van der Waals surface area contributed by atoms with Gasteiger partial charge in [0.1, 0.15) is 5.82 Å². The van der Waals surface area contributed by atoms with Gasteiger partial charge in [0, 0.05) is 37.9 Å². The molecular weight excluding hydrogens is 358 g/mol. The summed E-state index contributed by atoms with van der Waals surface area (Å²) >= 11 is 1.68. The van der Waals surface area contributed by atoms with Crippen molar-refractivity contribution in [3.05, 3.63) is 52.6 Å². The van der Waals surface area contributed by atoms with E-state index in [9.17, 15) is 4.79 Å². The summed E-state index contributed by atoms with van der Waals surface area (Å²) in [5.41, 5.74) is 3.40. The lowest BCUT2D eigenvalue weighted by molar-refractivity contribution is 0.0703. The Hall–Kier alpha value is -2.54. The third-order valence-corrected chi connectivity index (χ3v) is 5.86. The van der Waals surface area contributed by atoms with Crippen LogP contribution in [0.3, 0.4) is 0 Å². The largest absolute Gasteiger partial charge is 0.338 e. The molecule has 1 aliphatic rings. The highest BCUT2D eigenvalue weighted by atomic mass is 32.1. The summed E-state index contributed by atoms with van der Waals surface area (Å²) in [5, 5.41) is 6.36. The fourth-order valence-electron chi connectivity index (χ4n) is 3.68. The number of carbonyl (C=O) groups excluding carboxylic acids is 1. The Kier molecular flexibility index (Phi) is 4.78. The van der Waals surface area contributed by atoms with E-state index in [-0.39, 0.29) is 11.8 Å². The summed E-state index contributed by atoms with van der Waals surface area (Å²) in [6, 6.07) is 6.15. The quantitative estimate of drug-likeness (QED) is 0.696. The topological polar surface area (TPSA) is 63.9 Å². The summed E-state index contributed by atoms with van der Waals surface area (Å²) in [6.07, 6.45) is 3.77. The van der Waals surface area contributed by atoms with Crippen LogP contribution in [0.2, 0.25) is 0 Å². The molecule has 0 spiro atoms. The number of hydrogen-bond acceptors (Lipinski definition) is 5. The van der Waals surface area contributed by atoms with Gasteiger partial charge in [-0.25, -0.2) is 9.97 Å². The molecule has 6 nitrogen and oxygen atoms in total. The lowest BCUT2D eigenvalue weighted by Gasteiger charge is -2.32. The first-order chi connectivity index (χ1) is 13.0. The van der Waals surface area contributed by atoms with Gasteiger partial charge in [-0.1, -0.05) is 6.07 Å². The van der Waals surface area contributed by atoms with Crippen LogP contribution in [-0.4, -0.2) is 43.6 Å². The number of nitrogens with zero attached hydrogens (tertiary/aromatic N) is 5. The summed E-state index contributed by atoms with van der Waals surface area (Å²) in [7, 11) is 1.84. The van der Waals surface area contributed by atoms with E-state index < -0.39 is 0 Å². The number of carbonyl (C=O) groups is 1. The maximum atomic E-state index is 13.0. The van der Waals surface area contributed by atoms with Crippen LogP contribution in [0.25, 0.3) is 10.6 Å². The normalized spacial score (nSPS) is 17.3. The molecule has 7 heteroatoms. The van der Waals surface area contributed by atoms with Crippen molar-refractivity contribution in [2.75, 3.05) is 13.1 Å². The van der Waals surface area contributed by atoms with Crippen molar-refractivity contribution < 1.29 is 4.79 Å². The Bertz CT molecular complexity index is 963.